The predicted octanol–water partition coefficient (Wildman–Crippen LogP) is 2.81. The van der Waals surface area contributed by atoms with E-state index in [1.165, 1.54) is 5.56 Å². The van der Waals surface area contributed by atoms with Crippen molar-refractivity contribution in [3.8, 4) is 0 Å². The summed E-state index contributed by atoms with van der Waals surface area (Å²) in [5, 5.41) is 0. The Morgan fingerprint density at radius 2 is 2.11 bits per heavy atom. The van der Waals surface area contributed by atoms with E-state index >= 15 is 0 Å². The van der Waals surface area contributed by atoms with Crippen LogP contribution in [-0.2, 0) is 17.6 Å². The van der Waals surface area contributed by atoms with Gasteiger partial charge < -0.3 is 5.73 Å². The lowest BCUT2D eigenvalue weighted by Crippen LogP contribution is -2.13. The highest BCUT2D eigenvalue weighted by atomic mass is 32.2. The molecule has 5 heteroatoms. The first-order valence-electron chi connectivity index (χ1n) is 6.06. The minimum atomic E-state index is -0.299. The molecule has 0 aliphatic carbocycles. The largest absolute Gasteiger partial charge is 0.369 e. The molecule has 2 N–H and O–H groups in total. The Kier molecular flexibility index (Phi) is 4.99. The van der Waals surface area contributed by atoms with Crippen molar-refractivity contribution in [3.63, 3.8) is 0 Å². The highest BCUT2D eigenvalue weighted by Gasteiger charge is 2.10. The summed E-state index contributed by atoms with van der Waals surface area (Å²) in [5.41, 5.74) is 7.47. The van der Waals surface area contributed by atoms with Crippen LogP contribution in [0.3, 0.4) is 0 Å². The molecule has 2 aromatic rings. The van der Waals surface area contributed by atoms with Gasteiger partial charge in [0, 0.05) is 10.6 Å². The van der Waals surface area contributed by atoms with Crippen molar-refractivity contribution in [2.45, 2.75) is 24.1 Å². The summed E-state index contributed by atoms with van der Waals surface area (Å²) in [4.78, 5) is 16.4. The van der Waals surface area contributed by atoms with Crippen molar-refractivity contribution in [2.75, 3.05) is 5.75 Å². The van der Waals surface area contributed by atoms with E-state index in [4.69, 9.17) is 5.73 Å². The Balaban J connectivity index is 1.88. The third-order valence-corrected chi connectivity index (χ3v) is 4.97. The number of aryl methyl sites for hydroxylation is 2. The zero-order valence-corrected chi connectivity index (χ0v) is 12.4. The first-order valence-corrected chi connectivity index (χ1v) is 7.86. The zero-order chi connectivity index (χ0) is 13.7. The van der Waals surface area contributed by atoms with Crippen molar-refractivity contribution >= 4 is 29.0 Å². The number of hydrogen-bond donors (Lipinski definition) is 1. The maximum absolute atomic E-state index is 10.9. The SMILES string of the molecule is Cc1nc(SCCc2ccccc2)sc1CC(N)=O. The third-order valence-electron chi connectivity index (χ3n) is 2.67. The summed E-state index contributed by atoms with van der Waals surface area (Å²) in [6.07, 6.45) is 1.32. The number of amides is 1. The predicted molar refractivity (Wildman–Crippen MR) is 80.6 cm³/mol. The van der Waals surface area contributed by atoms with E-state index in [-0.39, 0.29) is 5.91 Å². The Morgan fingerprint density at radius 3 is 2.79 bits per heavy atom. The zero-order valence-electron chi connectivity index (χ0n) is 10.8. The number of hydrogen-bond acceptors (Lipinski definition) is 4. The molecule has 3 nitrogen and oxygen atoms in total. The summed E-state index contributed by atoms with van der Waals surface area (Å²) >= 11 is 3.31. The van der Waals surface area contributed by atoms with Crippen LogP contribution in [0.2, 0.25) is 0 Å². The summed E-state index contributed by atoms with van der Waals surface area (Å²) in [7, 11) is 0. The summed E-state index contributed by atoms with van der Waals surface area (Å²) in [5.74, 6) is 0.695. The van der Waals surface area contributed by atoms with Crippen molar-refractivity contribution in [2.24, 2.45) is 5.73 Å². The third kappa shape index (κ3) is 4.36. The molecule has 0 aliphatic heterocycles. The molecule has 0 spiro atoms. The van der Waals surface area contributed by atoms with Crippen LogP contribution in [0.5, 0.6) is 0 Å². The molecule has 2 rings (SSSR count). The maximum Gasteiger partial charge on any atom is 0.222 e. The van der Waals surface area contributed by atoms with Gasteiger partial charge in [-0.3, -0.25) is 4.79 Å². The fourth-order valence-electron chi connectivity index (χ4n) is 1.69. The van der Waals surface area contributed by atoms with E-state index in [9.17, 15) is 4.79 Å². The fraction of sp³-hybridized carbons (Fsp3) is 0.286. The minimum Gasteiger partial charge on any atom is -0.369 e. The van der Waals surface area contributed by atoms with Gasteiger partial charge in [-0.15, -0.1) is 11.3 Å². The highest BCUT2D eigenvalue weighted by molar-refractivity contribution is 8.01. The number of carbonyl (C=O) groups is 1. The van der Waals surface area contributed by atoms with E-state index in [1.54, 1.807) is 23.1 Å². The van der Waals surface area contributed by atoms with Gasteiger partial charge in [-0.1, -0.05) is 42.1 Å². The quantitative estimate of drug-likeness (QED) is 0.833. The van der Waals surface area contributed by atoms with Crippen LogP contribution >= 0.6 is 23.1 Å². The van der Waals surface area contributed by atoms with Crippen LogP contribution in [0.4, 0.5) is 0 Å². The number of aromatic nitrogens is 1. The number of nitrogens with two attached hydrogens (primary N) is 1. The van der Waals surface area contributed by atoms with Gasteiger partial charge in [0.15, 0.2) is 0 Å². The Labute approximate surface area is 121 Å². The van der Waals surface area contributed by atoms with Crippen molar-refractivity contribution in [1.82, 2.24) is 4.98 Å². The monoisotopic (exact) mass is 292 g/mol. The molecule has 0 unspecified atom stereocenters. The number of primary amides is 1. The van der Waals surface area contributed by atoms with E-state index in [2.05, 4.69) is 29.2 Å². The molecule has 0 atom stereocenters. The van der Waals surface area contributed by atoms with Crippen molar-refractivity contribution < 1.29 is 4.79 Å². The van der Waals surface area contributed by atoms with Gasteiger partial charge in [0.05, 0.1) is 12.1 Å². The molecule has 100 valence electrons. The number of carbonyl (C=O) groups excluding carboxylic acids is 1. The fourth-order valence-corrected chi connectivity index (χ4v) is 3.99. The number of nitrogens with zero attached hydrogens (tertiary/aromatic N) is 1. The van der Waals surface area contributed by atoms with Crippen LogP contribution in [0, 0.1) is 6.92 Å². The molecule has 1 heterocycles. The second kappa shape index (κ2) is 6.73. The van der Waals surface area contributed by atoms with Crippen LogP contribution in [0.25, 0.3) is 0 Å². The molecule has 1 aromatic carbocycles. The lowest BCUT2D eigenvalue weighted by atomic mass is 10.2. The summed E-state index contributed by atoms with van der Waals surface area (Å²) in [6, 6.07) is 10.4. The first kappa shape index (κ1) is 14.1. The van der Waals surface area contributed by atoms with Crippen molar-refractivity contribution in [3.05, 3.63) is 46.5 Å². The second-order valence-electron chi connectivity index (χ2n) is 4.22. The number of thioether (sulfide) groups is 1. The molecule has 1 amide bonds. The molecule has 0 aliphatic rings. The summed E-state index contributed by atoms with van der Waals surface area (Å²) < 4.78 is 1.02. The molecule has 0 fully saturated rings. The molecule has 0 saturated heterocycles. The second-order valence-corrected chi connectivity index (χ2v) is 6.64. The average Bonchev–Trinajstić information content (AvgIpc) is 2.70. The molecule has 0 radical (unpaired) electrons. The van der Waals surface area contributed by atoms with E-state index in [1.807, 2.05) is 13.0 Å². The topological polar surface area (TPSA) is 56.0 Å². The molecule has 0 saturated carbocycles. The number of benzene rings is 1. The highest BCUT2D eigenvalue weighted by Crippen LogP contribution is 2.27. The van der Waals surface area contributed by atoms with Crippen LogP contribution < -0.4 is 5.73 Å². The molecule has 19 heavy (non-hydrogen) atoms. The molecular formula is C14H16N2OS2. The Hall–Kier alpha value is -1.33. The van der Waals surface area contributed by atoms with E-state index in [0.717, 1.165) is 27.1 Å². The maximum atomic E-state index is 10.9. The standard InChI is InChI=1S/C14H16N2OS2/c1-10-12(9-13(15)17)19-14(16-10)18-8-7-11-5-3-2-4-6-11/h2-6H,7-9H2,1H3,(H2,15,17). The Morgan fingerprint density at radius 1 is 1.37 bits per heavy atom. The normalized spacial score (nSPS) is 10.6. The lowest BCUT2D eigenvalue weighted by molar-refractivity contribution is -0.117. The van der Waals surface area contributed by atoms with E-state index in [0.29, 0.717) is 6.42 Å². The van der Waals surface area contributed by atoms with Gasteiger partial charge in [-0.05, 0) is 18.9 Å². The van der Waals surface area contributed by atoms with Gasteiger partial charge >= 0.3 is 0 Å². The number of thiazole rings is 1. The molecular weight excluding hydrogens is 276 g/mol. The van der Waals surface area contributed by atoms with Gasteiger partial charge in [0.25, 0.3) is 0 Å². The minimum absolute atomic E-state index is 0.294. The van der Waals surface area contributed by atoms with E-state index < -0.39 is 0 Å². The van der Waals surface area contributed by atoms with Crippen LogP contribution in [-0.4, -0.2) is 16.6 Å². The smallest absolute Gasteiger partial charge is 0.222 e. The number of rotatable bonds is 6. The van der Waals surface area contributed by atoms with Crippen LogP contribution in [0.15, 0.2) is 34.7 Å². The Bertz CT molecular complexity index is 552. The van der Waals surface area contributed by atoms with Gasteiger partial charge in [-0.25, -0.2) is 4.98 Å². The van der Waals surface area contributed by atoms with Gasteiger partial charge in [0.1, 0.15) is 4.34 Å². The van der Waals surface area contributed by atoms with Crippen molar-refractivity contribution in [1.29, 1.82) is 0 Å². The molecule has 0 bridgehead atoms. The summed E-state index contributed by atoms with van der Waals surface area (Å²) in [6.45, 7) is 1.93. The van der Waals surface area contributed by atoms with Gasteiger partial charge in [-0.2, -0.15) is 0 Å². The van der Waals surface area contributed by atoms with Gasteiger partial charge in [0.2, 0.25) is 5.91 Å². The molecule has 1 aromatic heterocycles. The van der Waals surface area contributed by atoms with Crippen LogP contribution in [0.1, 0.15) is 16.1 Å². The lowest BCUT2D eigenvalue weighted by Gasteiger charge is -1.98. The average molecular weight is 292 g/mol. The first-order chi connectivity index (χ1) is 9.15.